The normalized spacial score (nSPS) is 13.9. The van der Waals surface area contributed by atoms with E-state index in [0.717, 1.165) is 22.3 Å². The Labute approximate surface area is 406 Å². The molecule has 4 heterocycles. The predicted molar refractivity (Wildman–Crippen MR) is 294 cm³/mol. The fourth-order valence-electron chi connectivity index (χ4n) is 12.1. The third-order valence-electron chi connectivity index (χ3n) is 15.5. The van der Waals surface area contributed by atoms with Gasteiger partial charge in [-0.15, -0.1) is 0 Å². The monoisotopic (exact) mass is 888 g/mol. The Morgan fingerprint density at radius 1 is 0.333 bits per heavy atom. The topological polar surface area (TPSA) is 46.9 Å². The van der Waals surface area contributed by atoms with E-state index in [-0.39, 0.29) is 42.5 Å². The maximum Gasteiger partial charge on any atom is 0.252 e. The number of fused-ring (bicyclic) bond motifs is 8. The van der Waals surface area contributed by atoms with Crippen LogP contribution in [0.5, 0.6) is 11.5 Å². The molecule has 0 saturated carbocycles. The Bertz CT molecular complexity index is 3550. The molecule has 69 heavy (non-hydrogen) atoms. The Hall–Kier alpha value is -7.63. The van der Waals surface area contributed by atoms with Crippen molar-refractivity contribution in [1.29, 1.82) is 0 Å². The Morgan fingerprint density at radius 3 is 1.30 bits per heavy atom. The number of phenols is 2. The van der Waals surface area contributed by atoms with Gasteiger partial charge in [-0.05, 0) is 131 Å². The molecule has 13 rings (SSSR count). The molecule has 4 aliphatic rings. The standard InChI is InChI=1S/C62H51B3N2O2/c1-61(2,3)42-22-26-44(27-23-42)63-48-11-7-8-14-54(48)66-56-15-10-16-57-58(56)65(53-37-41(36-52(63)60(53)66)39-19-32-47(69)33-20-39)50-13-9-12-49-59(50)67(57)55-34-21-40(38-17-30-46(68)31-18-38)35-51(55)64(49)45-28-24-43(25-29-45)62(4,5)6/h7-37,68-69H,1-6H3. The molecule has 0 bridgehead atoms. The molecule has 0 amide bonds. The van der Waals surface area contributed by atoms with Gasteiger partial charge in [-0.1, -0.05) is 192 Å². The smallest absolute Gasteiger partial charge is 0.252 e. The molecular weight excluding hydrogens is 837 g/mol. The summed E-state index contributed by atoms with van der Waals surface area (Å²) >= 11 is 0. The van der Waals surface area contributed by atoms with Gasteiger partial charge in [0.05, 0.1) is 0 Å². The zero-order chi connectivity index (χ0) is 47.1. The summed E-state index contributed by atoms with van der Waals surface area (Å²) in [6.07, 6.45) is 0. The van der Waals surface area contributed by atoms with Crippen LogP contribution in [0, 0.1) is 0 Å². The molecule has 0 radical (unpaired) electrons. The van der Waals surface area contributed by atoms with E-state index >= 15 is 0 Å². The molecule has 0 spiro atoms. The molecule has 7 heteroatoms. The third-order valence-corrected chi connectivity index (χ3v) is 15.5. The second-order valence-corrected chi connectivity index (χ2v) is 21.6. The largest absolute Gasteiger partial charge is 0.508 e. The number of aromatic hydroxyl groups is 2. The SMILES string of the molecule is CC(C)(C)c1ccc(B2c3cc(-c4ccc(O)cc4)ccc3N3c4cccc5c4B(c4cccc2c43)c2cc(-c3ccc(O)cc3)cc3c2N5c2ccccc2B3c2ccc(C(C)(C)C)cc2)cc1. The molecular formula is C62H51B3N2O2. The zero-order valence-electron chi connectivity index (χ0n) is 39.9. The van der Waals surface area contributed by atoms with Crippen LogP contribution in [0.25, 0.3) is 22.3 Å². The molecule has 0 unspecified atom stereocenters. The summed E-state index contributed by atoms with van der Waals surface area (Å²) in [6, 6.07) is 68.9. The molecule has 330 valence electrons. The Balaban J connectivity index is 1.09. The summed E-state index contributed by atoms with van der Waals surface area (Å²) in [5.41, 5.74) is 25.9. The minimum absolute atomic E-state index is 0.0121. The Morgan fingerprint density at radius 2 is 0.739 bits per heavy atom. The van der Waals surface area contributed by atoms with E-state index in [9.17, 15) is 10.2 Å². The van der Waals surface area contributed by atoms with Gasteiger partial charge in [-0.25, -0.2) is 0 Å². The molecule has 0 atom stereocenters. The first kappa shape index (κ1) is 41.6. The highest BCUT2D eigenvalue weighted by molar-refractivity contribution is 7.05. The van der Waals surface area contributed by atoms with E-state index in [0.29, 0.717) is 0 Å². The highest BCUT2D eigenvalue weighted by Gasteiger charge is 2.50. The van der Waals surface area contributed by atoms with Crippen LogP contribution < -0.4 is 59.0 Å². The number of benzene rings is 9. The average Bonchev–Trinajstić information content (AvgIpc) is 3.35. The van der Waals surface area contributed by atoms with Crippen molar-refractivity contribution in [3.63, 3.8) is 0 Å². The van der Waals surface area contributed by atoms with Crippen molar-refractivity contribution in [3.05, 3.63) is 199 Å². The molecule has 4 aliphatic heterocycles. The van der Waals surface area contributed by atoms with Gasteiger partial charge < -0.3 is 20.0 Å². The van der Waals surface area contributed by atoms with Crippen molar-refractivity contribution in [2.75, 3.05) is 9.80 Å². The Kier molecular flexibility index (Phi) is 8.99. The maximum atomic E-state index is 10.5. The average molecular weight is 889 g/mol. The molecule has 9 aromatic rings. The van der Waals surface area contributed by atoms with Gasteiger partial charge in [-0.3, -0.25) is 0 Å². The molecule has 9 aromatic carbocycles. The molecule has 4 nitrogen and oxygen atoms in total. The number of hydrogen-bond donors (Lipinski definition) is 2. The molecule has 0 saturated heterocycles. The van der Waals surface area contributed by atoms with Gasteiger partial charge in [0, 0.05) is 34.1 Å². The first-order chi connectivity index (χ1) is 33.3. The summed E-state index contributed by atoms with van der Waals surface area (Å²) in [5, 5.41) is 20.8. The maximum absolute atomic E-state index is 10.5. The van der Waals surface area contributed by atoms with Gasteiger partial charge in [0.1, 0.15) is 11.5 Å². The van der Waals surface area contributed by atoms with Crippen molar-refractivity contribution >= 4 is 103 Å². The lowest BCUT2D eigenvalue weighted by atomic mass is 9.28. The van der Waals surface area contributed by atoms with E-state index < -0.39 is 0 Å². The predicted octanol–water partition coefficient (Wildman–Crippen LogP) is 8.77. The van der Waals surface area contributed by atoms with Crippen LogP contribution in [0.2, 0.25) is 0 Å². The van der Waals surface area contributed by atoms with Crippen LogP contribution in [0.4, 0.5) is 34.1 Å². The van der Waals surface area contributed by atoms with Gasteiger partial charge >= 0.3 is 0 Å². The molecule has 0 aliphatic carbocycles. The minimum atomic E-state index is -0.0691. The third kappa shape index (κ3) is 6.32. The number of phenolic OH excluding ortho intramolecular Hbond substituents is 2. The molecule has 0 aromatic heterocycles. The van der Waals surface area contributed by atoms with Gasteiger partial charge in [0.15, 0.2) is 0 Å². The number of rotatable bonds is 4. The van der Waals surface area contributed by atoms with Gasteiger partial charge in [-0.2, -0.15) is 0 Å². The van der Waals surface area contributed by atoms with Crippen molar-refractivity contribution < 1.29 is 10.2 Å². The van der Waals surface area contributed by atoms with Crippen LogP contribution in [0.3, 0.4) is 0 Å². The fraction of sp³-hybridized carbons (Fsp3) is 0.129. The lowest BCUT2D eigenvalue weighted by Gasteiger charge is -2.49. The first-order valence-electron chi connectivity index (χ1n) is 24.4. The quantitative estimate of drug-likeness (QED) is 0.174. The van der Waals surface area contributed by atoms with Crippen LogP contribution in [0.1, 0.15) is 52.7 Å². The van der Waals surface area contributed by atoms with Crippen molar-refractivity contribution in [2.24, 2.45) is 0 Å². The van der Waals surface area contributed by atoms with Crippen molar-refractivity contribution in [3.8, 4) is 33.8 Å². The van der Waals surface area contributed by atoms with Crippen molar-refractivity contribution in [1.82, 2.24) is 0 Å². The van der Waals surface area contributed by atoms with Crippen LogP contribution in [-0.2, 0) is 10.8 Å². The van der Waals surface area contributed by atoms with Gasteiger partial charge in [0.2, 0.25) is 13.4 Å². The van der Waals surface area contributed by atoms with Gasteiger partial charge in [0.25, 0.3) is 6.71 Å². The highest BCUT2D eigenvalue weighted by atomic mass is 16.3. The lowest BCUT2D eigenvalue weighted by Crippen LogP contribution is -2.69. The van der Waals surface area contributed by atoms with E-state index in [2.05, 4.69) is 203 Å². The zero-order valence-corrected chi connectivity index (χ0v) is 39.9. The van der Waals surface area contributed by atoms with E-state index in [1.54, 1.807) is 12.1 Å². The molecule has 2 N–H and O–H groups in total. The second-order valence-electron chi connectivity index (χ2n) is 21.6. The summed E-state index contributed by atoms with van der Waals surface area (Å²) in [4.78, 5) is 5.14. The van der Waals surface area contributed by atoms with Crippen LogP contribution >= 0.6 is 0 Å². The minimum Gasteiger partial charge on any atom is -0.508 e. The van der Waals surface area contributed by atoms with E-state index in [1.165, 1.54) is 94.4 Å². The number of para-hydroxylation sites is 2. The van der Waals surface area contributed by atoms with Crippen LogP contribution in [-0.4, -0.2) is 30.4 Å². The fourth-order valence-corrected chi connectivity index (χ4v) is 12.1. The summed E-state index contributed by atoms with van der Waals surface area (Å²) < 4.78 is 0. The summed E-state index contributed by atoms with van der Waals surface area (Å²) in [6.45, 7) is 13.6. The number of nitrogens with zero attached hydrogens (tertiary/aromatic N) is 2. The van der Waals surface area contributed by atoms with E-state index in [1.807, 2.05) is 24.3 Å². The van der Waals surface area contributed by atoms with Crippen molar-refractivity contribution in [2.45, 2.75) is 52.4 Å². The second kappa shape index (κ2) is 14.9. The lowest BCUT2D eigenvalue weighted by molar-refractivity contribution is 0.475. The highest BCUT2D eigenvalue weighted by Crippen LogP contribution is 2.46. The molecule has 0 fully saturated rings. The first-order valence-corrected chi connectivity index (χ1v) is 24.4. The van der Waals surface area contributed by atoms with Crippen LogP contribution in [0.15, 0.2) is 188 Å². The number of hydrogen-bond acceptors (Lipinski definition) is 4. The summed E-state index contributed by atoms with van der Waals surface area (Å²) in [7, 11) is 0. The summed E-state index contributed by atoms with van der Waals surface area (Å²) in [5.74, 6) is 0.520. The van der Waals surface area contributed by atoms with E-state index in [4.69, 9.17) is 0 Å². The number of anilines is 6.